The maximum atomic E-state index is 5.84. The minimum absolute atomic E-state index is 0.236. The van der Waals surface area contributed by atoms with Crippen LogP contribution in [0.3, 0.4) is 0 Å². The van der Waals surface area contributed by atoms with E-state index in [0.29, 0.717) is 17.2 Å². The maximum Gasteiger partial charge on any atom is 0.233 e. The average Bonchev–Trinajstić information content (AvgIpc) is 2.51. The molecule has 0 amide bonds. The van der Waals surface area contributed by atoms with Gasteiger partial charge in [0.15, 0.2) is 0 Å². The summed E-state index contributed by atoms with van der Waals surface area (Å²) in [4.78, 5) is 11.6. The molecule has 2 aromatic heterocycles. The number of nitrogens with two attached hydrogens (primary N) is 1. The first-order valence-corrected chi connectivity index (χ1v) is 4.25. The van der Waals surface area contributed by atoms with Gasteiger partial charge in [-0.15, -0.1) is 0 Å². The molecule has 0 fully saturated rings. The molecule has 0 saturated heterocycles. The van der Waals surface area contributed by atoms with Gasteiger partial charge in [-0.05, 0) is 6.92 Å². The van der Waals surface area contributed by atoms with Gasteiger partial charge in [-0.25, -0.2) is 15.0 Å². The Morgan fingerprint density at radius 1 is 1.36 bits per heavy atom. The summed E-state index contributed by atoms with van der Waals surface area (Å²) in [5.74, 6) is 1.27. The number of rotatable bonds is 1. The van der Waals surface area contributed by atoms with Gasteiger partial charge in [0.25, 0.3) is 0 Å². The number of hydrogen-bond donors (Lipinski definition) is 1. The molecule has 0 aliphatic heterocycles. The molecule has 5 nitrogen and oxygen atoms in total. The summed E-state index contributed by atoms with van der Waals surface area (Å²) in [6, 6.07) is 0. The van der Waals surface area contributed by atoms with E-state index in [-0.39, 0.29) is 11.0 Å². The van der Waals surface area contributed by atoms with Crippen molar-refractivity contribution in [2.24, 2.45) is 0 Å². The Balaban J connectivity index is 2.61. The number of halogens is 1. The number of anilines is 1. The lowest BCUT2D eigenvalue weighted by Crippen LogP contribution is -1.96. The van der Waals surface area contributed by atoms with Crippen LogP contribution in [-0.4, -0.2) is 15.0 Å². The van der Waals surface area contributed by atoms with Gasteiger partial charge >= 0.3 is 0 Å². The van der Waals surface area contributed by atoms with E-state index in [1.54, 1.807) is 13.1 Å². The Bertz CT molecular complexity index is 448. The van der Waals surface area contributed by atoms with Crippen molar-refractivity contribution in [1.82, 2.24) is 15.0 Å². The Hall–Kier alpha value is -1.62. The van der Waals surface area contributed by atoms with Crippen molar-refractivity contribution in [3.05, 3.63) is 23.4 Å². The lowest BCUT2D eigenvalue weighted by atomic mass is 10.3. The molecule has 0 spiro atoms. The van der Waals surface area contributed by atoms with E-state index in [9.17, 15) is 0 Å². The van der Waals surface area contributed by atoms with Crippen molar-refractivity contribution < 1.29 is 4.42 Å². The third-order valence-corrected chi connectivity index (χ3v) is 1.95. The summed E-state index contributed by atoms with van der Waals surface area (Å²) < 4.78 is 5.28. The summed E-state index contributed by atoms with van der Waals surface area (Å²) in [5.41, 5.74) is 6.06. The van der Waals surface area contributed by atoms with Crippen LogP contribution in [0, 0.1) is 6.92 Å². The molecule has 2 heterocycles. The minimum atomic E-state index is 0.236. The normalized spacial score (nSPS) is 10.4. The molecule has 0 saturated carbocycles. The zero-order chi connectivity index (χ0) is 10.1. The Morgan fingerprint density at radius 3 is 2.71 bits per heavy atom. The van der Waals surface area contributed by atoms with Gasteiger partial charge in [-0.2, -0.15) is 0 Å². The first-order chi connectivity index (χ1) is 6.68. The lowest BCUT2D eigenvalue weighted by Gasteiger charge is -2.00. The van der Waals surface area contributed by atoms with Crippen molar-refractivity contribution in [1.29, 1.82) is 0 Å². The van der Waals surface area contributed by atoms with Crippen LogP contribution in [0.5, 0.6) is 0 Å². The quantitative estimate of drug-likeness (QED) is 0.725. The van der Waals surface area contributed by atoms with Gasteiger partial charge < -0.3 is 10.2 Å². The molecule has 0 aliphatic carbocycles. The first kappa shape index (κ1) is 8.96. The molecule has 72 valence electrons. The van der Waals surface area contributed by atoms with Crippen LogP contribution in [-0.2, 0) is 0 Å². The number of oxazole rings is 1. The molecule has 0 aliphatic rings. The molecule has 2 aromatic rings. The predicted molar refractivity (Wildman–Crippen MR) is 51.7 cm³/mol. The summed E-state index contributed by atoms with van der Waals surface area (Å²) in [7, 11) is 0. The highest BCUT2D eigenvalue weighted by atomic mass is 35.5. The van der Waals surface area contributed by atoms with Gasteiger partial charge in [0.2, 0.25) is 5.89 Å². The van der Waals surface area contributed by atoms with Gasteiger partial charge in [-0.3, -0.25) is 0 Å². The zero-order valence-electron chi connectivity index (χ0n) is 7.36. The highest BCUT2D eigenvalue weighted by Crippen LogP contribution is 2.29. The van der Waals surface area contributed by atoms with Crippen molar-refractivity contribution in [2.45, 2.75) is 6.92 Å². The molecule has 14 heavy (non-hydrogen) atoms. The molecule has 0 radical (unpaired) electrons. The van der Waals surface area contributed by atoms with E-state index in [4.69, 9.17) is 21.8 Å². The standard InChI is InChI=1S/C8H7ClN4O/c1-4-2-11-8(14-4)5-6(9)12-3-13-7(5)10/h2-3H,1H3,(H2,10,12,13). The number of nitrogens with zero attached hydrogens (tertiary/aromatic N) is 3. The predicted octanol–water partition coefficient (Wildman–Crippen LogP) is 1.68. The van der Waals surface area contributed by atoms with Gasteiger partial charge in [0.1, 0.15) is 28.6 Å². The molecule has 0 atom stereocenters. The minimum Gasteiger partial charge on any atom is -0.441 e. The van der Waals surface area contributed by atoms with Gasteiger partial charge in [-0.1, -0.05) is 11.6 Å². The fourth-order valence-electron chi connectivity index (χ4n) is 1.04. The van der Waals surface area contributed by atoms with Crippen molar-refractivity contribution in [3.8, 4) is 11.5 Å². The van der Waals surface area contributed by atoms with Crippen LogP contribution in [0.25, 0.3) is 11.5 Å². The Kier molecular flexibility index (Phi) is 2.09. The summed E-state index contributed by atoms with van der Waals surface area (Å²) in [5, 5.41) is 0.236. The SMILES string of the molecule is Cc1cnc(-c2c(N)ncnc2Cl)o1. The van der Waals surface area contributed by atoms with Crippen molar-refractivity contribution in [3.63, 3.8) is 0 Å². The third kappa shape index (κ3) is 1.42. The number of aryl methyl sites for hydroxylation is 1. The molecule has 2 N–H and O–H groups in total. The lowest BCUT2D eigenvalue weighted by molar-refractivity contribution is 0.542. The largest absolute Gasteiger partial charge is 0.441 e. The van der Waals surface area contributed by atoms with E-state index in [0.717, 1.165) is 0 Å². The van der Waals surface area contributed by atoms with Crippen molar-refractivity contribution >= 4 is 17.4 Å². The van der Waals surface area contributed by atoms with Crippen LogP contribution in [0.2, 0.25) is 5.15 Å². The van der Waals surface area contributed by atoms with Crippen LogP contribution in [0.15, 0.2) is 16.9 Å². The zero-order valence-corrected chi connectivity index (χ0v) is 8.12. The molecule has 2 rings (SSSR count). The van der Waals surface area contributed by atoms with Crippen molar-refractivity contribution in [2.75, 3.05) is 5.73 Å². The van der Waals surface area contributed by atoms with Crippen LogP contribution in [0.4, 0.5) is 5.82 Å². The fourth-order valence-corrected chi connectivity index (χ4v) is 1.27. The second kappa shape index (κ2) is 3.26. The number of nitrogen functional groups attached to an aromatic ring is 1. The summed E-state index contributed by atoms with van der Waals surface area (Å²) in [6.07, 6.45) is 2.87. The van der Waals surface area contributed by atoms with Gasteiger partial charge in [0, 0.05) is 0 Å². The van der Waals surface area contributed by atoms with Crippen LogP contribution in [0.1, 0.15) is 5.76 Å². The summed E-state index contributed by atoms with van der Waals surface area (Å²) in [6.45, 7) is 1.78. The highest BCUT2D eigenvalue weighted by Gasteiger charge is 2.14. The Morgan fingerprint density at radius 2 is 2.14 bits per heavy atom. The van der Waals surface area contributed by atoms with Crippen LogP contribution >= 0.6 is 11.6 Å². The first-order valence-electron chi connectivity index (χ1n) is 3.87. The maximum absolute atomic E-state index is 5.84. The van der Waals surface area contributed by atoms with Gasteiger partial charge in [0.05, 0.1) is 6.20 Å². The topological polar surface area (TPSA) is 77.8 Å². The van der Waals surface area contributed by atoms with E-state index >= 15 is 0 Å². The van der Waals surface area contributed by atoms with E-state index in [1.807, 2.05) is 0 Å². The second-order valence-corrected chi connectivity index (χ2v) is 3.06. The number of aromatic nitrogens is 3. The second-order valence-electron chi connectivity index (χ2n) is 2.70. The van der Waals surface area contributed by atoms with E-state index < -0.39 is 0 Å². The smallest absolute Gasteiger partial charge is 0.233 e. The summed E-state index contributed by atoms with van der Waals surface area (Å²) >= 11 is 5.84. The molecule has 0 bridgehead atoms. The monoisotopic (exact) mass is 210 g/mol. The molecular formula is C8H7ClN4O. The molecular weight excluding hydrogens is 204 g/mol. The van der Waals surface area contributed by atoms with Crippen LogP contribution < -0.4 is 5.73 Å². The third-order valence-electron chi connectivity index (χ3n) is 1.67. The molecule has 0 unspecified atom stereocenters. The van der Waals surface area contributed by atoms with E-state index in [1.165, 1.54) is 6.33 Å². The number of hydrogen-bond acceptors (Lipinski definition) is 5. The molecule has 6 heteroatoms. The highest BCUT2D eigenvalue weighted by molar-refractivity contribution is 6.32. The Labute approximate surface area is 84.9 Å². The fraction of sp³-hybridized carbons (Fsp3) is 0.125. The van der Waals surface area contributed by atoms with E-state index in [2.05, 4.69) is 15.0 Å². The average molecular weight is 211 g/mol. The molecule has 0 aromatic carbocycles.